The molecule has 0 saturated carbocycles. The van der Waals surface area contributed by atoms with Crippen LogP contribution in [0.4, 0.5) is 11.6 Å². The second-order valence-corrected chi connectivity index (χ2v) is 5.51. The maximum atomic E-state index is 11.0. The molecule has 1 aromatic heterocycles. The summed E-state index contributed by atoms with van der Waals surface area (Å²) in [5, 5.41) is 14.2. The summed E-state index contributed by atoms with van der Waals surface area (Å²) < 4.78 is 1.63. The maximum Gasteiger partial charge on any atom is 0.406 e. The Morgan fingerprint density at radius 1 is 1.45 bits per heavy atom. The Hall–Kier alpha value is -2.15. The SMILES string of the molecule is C=CCN(CC=C)[C@H](CNc1c([N+](=O)[O-])ncn1C)C(C)C. The van der Waals surface area contributed by atoms with E-state index in [1.807, 2.05) is 12.2 Å². The number of hydrogen-bond acceptors (Lipinski definition) is 5. The van der Waals surface area contributed by atoms with Crippen LogP contribution in [0.5, 0.6) is 0 Å². The molecular weight excluding hydrogens is 282 g/mol. The maximum absolute atomic E-state index is 11.0. The van der Waals surface area contributed by atoms with E-state index in [1.54, 1.807) is 11.6 Å². The van der Waals surface area contributed by atoms with Crippen LogP contribution in [0.15, 0.2) is 31.6 Å². The summed E-state index contributed by atoms with van der Waals surface area (Å²) in [7, 11) is 1.73. The molecule has 22 heavy (non-hydrogen) atoms. The van der Waals surface area contributed by atoms with Gasteiger partial charge in [-0.2, -0.15) is 0 Å². The normalized spacial score (nSPS) is 12.4. The first-order valence-corrected chi connectivity index (χ1v) is 7.27. The zero-order chi connectivity index (χ0) is 16.7. The number of hydrogen-bond donors (Lipinski definition) is 1. The first kappa shape index (κ1) is 17.9. The summed E-state index contributed by atoms with van der Waals surface area (Å²) in [6.07, 6.45) is 5.15. The Balaban J connectivity index is 2.88. The van der Waals surface area contributed by atoms with E-state index in [0.29, 0.717) is 18.3 Å². The fraction of sp³-hybridized carbons (Fsp3) is 0.533. The first-order valence-electron chi connectivity index (χ1n) is 7.27. The van der Waals surface area contributed by atoms with Crippen molar-refractivity contribution in [2.45, 2.75) is 19.9 Å². The lowest BCUT2D eigenvalue weighted by Crippen LogP contribution is -2.44. The fourth-order valence-electron chi connectivity index (χ4n) is 2.42. The van der Waals surface area contributed by atoms with Gasteiger partial charge in [-0.3, -0.25) is 9.47 Å². The Bertz CT molecular complexity index is 514. The Morgan fingerprint density at radius 3 is 2.50 bits per heavy atom. The number of anilines is 1. The average molecular weight is 307 g/mol. The van der Waals surface area contributed by atoms with Crippen molar-refractivity contribution >= 4 is 11.6 Å². The molecule has 0 unspecified atom stereocenters. The summed E-state index contributed by atoms with van der Waals surface area (Å²) in [5.41, 5.74) is 0. The van der Waals surface area contributed by atoms with Gasteiger partial charge < -0.3 is 15.4 Å². The van der Waals surface area contributed by atoms with Gasteiger partial charge in [-0.05, 0) is 15.8 Å². The second-order valence-electron chi connectivity index (χ2n) is 5.51. The molecule has 7 heteroatoms. The molecule has 0 spiro atoms. The van der Waals surface area contributed by atoms with Crippen molar-refractivity contribution in [3.63, 3.8) is 0 Å². The van der Waals surface area contributed by atoms with Crippen molar-refractivity contribution in [3.05, 3.63) is 41.8 Å². The van der Waals surface area contributed by atoms with E-state index in [0.717, 1.165) is 13.1 Å². The Labute approximate surface area is 131 Å². The van der Waals surface area contributed by atoms with Gasteiger partial charge in [-0.15, -0.1) is 13.2 Å². The number of nitrogens with zero attached hydrogens (tertiary/aromatic N) is 4. The molecule has 0 radical (unpaired) electrons. The van der Waals surface area contributed by atoms with E-state index in [-0.39, 0.29) is 11.9 Å². The molecule has 0 aliphatic heterocycles. The van der Waals surface area contributed by atoms with E-state index in [9.17, 15) is 10.1 Å². The first-order chi connectivity index (χ1) is 10.4. The monoisotopic (exact) mass is 307 g/mol. The van der Waals surface area contributed by atoms with Crippen LogP contribution >= 0.6 is 0 Å². The largest absolute Gasteiger partial charge is 0.406 e. The van der Waals surface area contributed by atoms with Crippen LogP contribution in [-0.4, -0.2) is 45.1 Å². The summed E-state index contributed by atoms with van der Waals surface area (Å²) in [4.78, 5) is 16.6. The van der Waals surface area contributed by atoms with E-state index in [2.05, 4.69) is 42.2 Å². The van der Waals surface area contributed by atoms with Crippen molar-refractivity contribution in [2.75, 3.05) is 25.0 Å². The quantitative estimate of drug-likeness (QED) is 0.408. The number of rotatable bonds is 10. The molecule has 1 aromatic rings. The van der Waals surface area contributed by atoms with Gasteiger partial charge in [0.2, 0.25) is 12.1 Å². The van der Waals surface area contributed by atoms with E-state index in [4.69, 9.17) is 0 Å². The number of nitro groups is 1. The lowest BCUT2D eigenvalue weighted by atomic mass is 10.0. The van der Waals surface area contributed by atoms with Gasteiger partial charge in [0.15, 0.2) is 0 Å². The third kappa shape index (κ3) is 4.42. The van der Waals surface area contributed by atoms with Gasteiger partial charge >= 0.3 is 5.82 Å². The molecule has 0 aliphatic rings. The van der Waals surface area contributed by atoms with Gasteiger partial charge in [0.05, 0.1) is 0 Å². The number of imidazole rings is 1. The number of aromatic nitrogens is 2. The molecule has 122 valence electrons. The highest BCUT2D eigenvalue weighted by Crippen LogP contribution is 2.22. The highest BCUT2D eigenvalue weighted by Gasteiger charge is 2.24. The van der Waals surface area contributed by atoms with Gasteiger partial charge in [0.1, 0.15) is 0 Å². The molecule has 7 nitrogen and oxygen atoms in total. The molecule has 0 bridgehead atoms. The molecule has 1 atom stereocenters. The third-order valence-electron chi connectivity index (χ3n) is 3.54. The zero-order valence-electron chi connectivity index (χ0n) is 13.5. The standard InChI is InChI=1S/C15H25N5O2/c1-6-8-19(9-7-2)13(12(3)4)10-16-14-15(20(21)22)17-11-18(14)5/h6-7,11-13,16H,1-2,8-10H2,3-5H3/t13-/m1/s1. The van der Waals surface area contributed by atoms with E-state index >= 15 is 0 Å². The molecule has 0 fully saturated rings. The summed E-state index contributed by atoms with van der Waals surface area (Å²) >= 11 is 0. The molecule has 0 aliphatic carbocycles. The lowest BCUT2D eigenvalue weighted by molar-refractivity contribution is -0.388. The van der Waals surface area contributed by atoms with Gasteiger partial charge in [0.25, 0.3) is 0 Å². The van der Waals surface area contributed by atoms with Crippen LogP contribution in [0.3, 0.4) is 0 Å². The van der Waals surface area contributed by atoms with Crippen LogP contribution in [0.2, 0.25) is 0 Å². The molecule has 0 amide bonds. The Kier molecular flexibility index (Phi) is 6.78. The van der Waals surface area contributed by atoms with E-state index < -0.39 is 4.92 Å². The van der Waals surface area contributed by atoms with Crippen LogP contribution in [-0.2, 0) is 7.05 Å². The number of nitrogens with one attached hydrogen (secondary N) is 1. The van der Waals surface area contributed by atoms with Crippen LogP contribution in [0.25, 0.3) is 0 Å². The number of aryl methyl sites for hydroxylation is 1. The van der Waals surface area contributed by atoms with Crippen molar-refractivity contribution in [1.82, 2.24) is 14.5 Å². The van der Waals surface area contributed by atoms with Crippen molar-refractivity contribution in [3.8, 4) is 0 Å². The van der Waals surface area contributed by atoms with Gasteiger partial charge in [0, 0.05) is 32.7 Å². The minimum Gasteiger partial charge on any atom is -0.363 e. The molecule has 0 saturated heterocycles. The molecule has 1 heterocycles. The Morgan fingerprint density at radius 2 is 2.05 bits per heavy atom. The van der Waals surface area contributed by atoms with Crippen LogP contribution < -0.4 is 5.32 Å². The summed E-state index contributed by atoms with van der Waals surface area (Å²) in [6, 6.07) is 0.200. The molecule has 0 aromatic carbocycles. The fourth-order valence-corrected chi connectivity index (χ4v) is 2.42. The second kappa shape index (κ2) is 8.33. The van der Waals surface area contributed by atoms with Crippen molar-refractivity contribution < 1.29 is 4.92 Å². The molecule has 1 N–H and O–H groups in total. The molecule has 1 rings (SSSR count). The highest BCUT2D eigenvalue weighted by atomic mass is 16.6. The van der Waals surface area contributed by atoms with Crippen molar-refractivity contribution in [2.24, 2.45) is 13.0 Å². The van der Waals surface area contributed by atoms with Gasteiger partial charge in [-0.25, -0.2) is 0 Å². The van der Waals surface area contributed by atoms with Crippen LogP contribution in [0, 0.1) is 16.0 Å². The smallest absolute Gasteiger partial charge is 0.363 e. The predicted molar refractivity (Wildman–Crippen MR) is 88.9 cm³/mol. The summed E-state index contributed by atoms with van der Waals surface area (Å²) in [6.45, 7) is 13.9. The summed E-state index contributed by atoms with van der Waals surface area (Å²) in [5.74, 6) is 0.650. The van der Waals surface area contributed by atoms with Crippen LogP contribution in [0.1, 0.15) is 13.8 Å². The van der Waals surface area contributed by atoms with Crippen molar-refractivity contribution in [1.29, 1.82) is 0 Å². The topological polar surface area (TPSA) is 76.2 Å². The minimum absolute atomic E-state index is 0.149. The van der Waals surface area contributed by atoms with Gasteiger partial charge in [-0.1, -0.05) is 26.0 Å². The minimum atomic E-state index is -0.474. The lowest BCUT2D eigenvalue weighted by Gasteiger charge is -2.33. The highest BCUT2D eigenvalue weighted by molar-refractivity contribution is 5.52. The van der Waals surface area contributed by atoms with E-state index in [1.165, 1.54) is 6.33 Å². The molecular formula is C15H25N5O2. The predicted octanol–water partition coefficient (Wildman–Crippen LogP) is 2.44. The zero-order valence-corrected chi connectivity index (χ0v) is 13.5. The average Bonchev–Trinajstić information content (AvgIpc) is 2.80. The third-order valence-corrected chi connectivity index (χ3v) is 3.54.